The van der Waals surface area contributed by atoms with Crippen molar-refractivity contribution >= 4 is 28.9 Å². The summed E-state index contributed by atoms with van der Waals surface area (Å²) in [7, 11) is 0. The van der Waals surface area contributed by atoms with Crippen molar-refractivity contribution in [1.29, 1.82) is 0 Å². The third-order valence-corrected chi connectivity index (χ3v) is 2.56. The van der Waals surface area contributed by atoms with E-state index >= 15 is 0 Å². The van der Waals surface area contributed by atoms with Crippen molar-refractivity contribution in [3.8, 4) is 0 Å². The van der Waals surface area contributed by atoms with E-state index in [0.717, 1.165) is 12.1 Å². The van der Waals surface area contributed by atoms with Crippen molar-refractivity contribution in [3.63, 3.8) is 0 Å². The number of amides is 1. The first-order valence-electron chi connectivity index (χ1n) is 4.71. The number of carbonyl (C=O) groups excluding carboxylic acids is 1. The highest BCUT2D eigenvalue weighted by molar-refractivity contribution is 6.30. The Morgan fingerprint density at radius 1 is 1.33 bits per heavy atom. The third-order valence-electron chi connectivity index (χ3n) is 2.25. The zero-order valence-electron chi connectivity index (χ0n) is 8.63. The van der Waals surface area contributed by atoms with Crippen LogP contribution < -0.4 is 5.01 Å². The highest BCUT2D eigenvalue weighted by Crippen LogP contribution is 2.29. The number of halogens is 5. The molecule has 1 amide bonds. The standard InChI is InChI=1S/C10H5ClF4N2O/c11-6-2-1-5(3-7(6)12)17-9(18)4-8(16-17)10(13,14)15/h1-3H,4H2. The fourth-order valence-electron chi connectivity index (χ4n) is 1.41. The summed E-state index contributed by atoms with van der Waals surface area (Å²) in [5.41, 5.74) is -1.30. The average Bonchev–Trinajstić information content (AvgIpc) is 2.64. The Hall–Kier alpha value is -1.63. The molecule has 1 aliphatic rings. The minimum Gasteiger partial charge on any atom is -0.272 e. The lowest BCUT2D eigenvalue weighted by Gasteiger charge is -2.11. The van der Waals surface area contributed by atoms with Crippen LogP contribution in [0.1, 0.15) is 6.42 Å². The summed E-state index contributed by atoms with van der Waals surface area (Å²) < 4.78 is 50.2. The quantitative estimate of drug-likeness (QED) is 0.728. The minimum absolute atomic E-state index is 0.0962. The summed E-state index contributed by atoms with van der Waals surface area (Å²) in [5.74, 6) is -1.71. The maximum atomic E-state index is 13.2. The van der Waals surface area contributed by atoms with Gasteiger partial charge in [-0.15, -0.1) is 0 Å². The molecule has 0 atom stereocenters. The molecule has 0 N–H and O–H groups in total. The Morgan fingerprint density at radius 3 is 2.50 bits per heavy atom. The van der Waals surface area contributed by atoms with Gasteiger partial charge in [0.15, 0.2) is 5.71 Å². The summed E-state index contributed by atoms with van der Waals surface area (Å²) >= 11 is 5.43. The van der Waals surface area contributed by atoms with Gasteiger partial charge in [-0.05, 0) is 12.1 Å². The molecule has 0 unspecified atom stereocenters. The largest absolute Gasteiger partial charge is 0.431 e. The molecule has 0 radical (unpaired) electrons. The van der Waals surface area contributed by atoms with Gasteiger partial charge >= 0.3 is 6.18 Å². The van der Waals surface area contributed by atoms with Crippen molar-refractivity contribution in [1.82, 2.24) is 0 Å². The summed E-state index contributed by atoms with van der Waals surface area (Å²) in [6, 6.07) is 3.20. The molecular weight excluding hydrogens is 276 g/mol. The van der Waals surface area contributed by atoms with Crippen molar-refractivity contribution < 1.29 is 22.4 Å². The average molecular weight is 281 g/mol. The molecule has 8 heteroatoms. The summed E-state index contributed by atoms with van der Waals surface area (Å²) in [4.78, 5) is 11.4. The molecule has 1 aromatic rings. The van der Waals surface area contributed by atoms with Crippen molar-refractivity contribution in [2.45, 2.75) is 12.6 Å². The van der Waals surface area contributed by atoms with Gasteiger partial charge in [-0.2, -0.15) is 18.3 Å². The second kappa shape index (κ2) is 4.24. The lowest BCUT2D eigenvalue weighted by atomic mass is 10.2. The first-order chi connectivity index (χ1) is 8.29. The highest BCUT2D eigenvalue weighted by Gasteiger charge is 2.42. The Morgan fingerprint density at radius 2 is 2.00 bits per heavy atom. The van der Waals surface area contributed by atoms with Crippen molar-refractivity contribution in [2.75, 3.05) is 5.01 Å². The number of alkyl halides is 3. The molecular formula is C10H5ClF4N2O. The molecule has 0 saturated carbocycles. The SMILES string of the molecule is O=C1CC(C(F)(F)F)=NN1c1ccc(Cl)c(F)c1. The molecule has 0 aliphatic carbocycles. The molecule has 18 heavy (non-hydrogen) atoms. The Bertz CT molecular complexity index is 541. The fraction of sp³-hybridized carbons (Fsp3) is 0.200. The van der Waals surface area contributed by atoms with Crippen LogP contribution in [0.2, 0.25) is 5.02 Å². The van der Waals surface area contributed by atoms with E-state index in [1.54, 1.807) is 0 Å². The maximum Gasteiger partial charge on any atom is 0.431 e. The number of benzene rings is 1. The minimum atomic E-state index is -4.67. The predicted molar refractivity (Wildman–Crippen MR) is 57.0 cm³/mol. The number of anilines is 1. The molecule has 0 spiro atoms. The molecule has 1 aliphatic heterocycles. The van der Waals surface area contributed by atoms with E-state index in [-0.39, 0.29) is 10.7 Å². The first-order valence-corrected chi connectivity index (χ1v) is 5.09. The number of hydrogen-bond donors (Lipinski definition) is 0. The van der Waals surface area contributed by atoms with Crippen LogP contribution in [0.4, 0.5) is 23.2 Å². The maximum absolute atomic E-state index is 13.2. The highest BCUT2D eigenvalue weighted by atomic mass is 35.5. The van der Waals surface area contributed by atoms with Crippen molar-refractivity contribution in [3.05, 3.63) is 29.0 Å². The number of rotatable bonds is 1. The van der Waals surface area contributed by atoms with Gasteiger partial charge in [0, 0.05) is 6.07 Å². The van der Waals surface area contributed by atoms with E-state index < -0.39 is 30.0 Å². The second-order valence-electron chi connectivity index (χ2n) is 3.53. The molecule has 2 rings (SSSR count). The van der Waals surface area contributed by atoms with Gasteiger partial charge < -0.3 is 0 Å². The lowest BCUT2D eigenvalue weighted by Crippen LogP contribution is -2.22. The summed E-state index contributed by atoms with van der Waals surface area (Å²) in [6.45, 7) is 0. The summed E-state index contributed by atoms with van der Waals surface area (Å²) in [6.07, 6.45) is -5.52. The van der Waals surface area contributed by atoms with E-state index in [9.17, 15) is 22.4 Å². The van der Waals surface area contributed by atoms with Gasteiger partial charge in [-0.25, -0.2) is 9.40 Å². The molecule has 1 aromatic carbocycles. The van der Waals surface area contributed by atoms with Crippen LogP contribution >= 0.6 is 11.6 Å². The van der Waals surface area contributed by atoms with E-state index in [2.05, 4.69) is 5.10 Å². The Labute approximate surface area is 104 Å². The van der Waals surface area contributed by atoms with Crippen LogP contribution in [0.15, 0.2) is 23.3 Å². The van der Waals surface area contributed by atoms with Crippen LogP contribution in [0.3, 0.4) is 0 Å². The zero-order chi connectivity index (χ0) is 13.5. The first kappa shape index (κ1) is 12.8. The number of hydrazone groups is 1. The van der Waals surface area contributed by atoms with E-state index in [4.69, 9.17) is 11.6 Å². The Kier molecular flexibility index (Phi) is 3.02. The van der Waals surface area contributed by atoms with Crippen LogP contribution in [0.25, 0.3) is 0 Å². The van der Waals surface area contributed by atoms with E-state index in [1.807, 2.05) is 0 Å². The van der Waals surface area contributed by atoms with Crippen LogP contribution in [0.5, 0.6) is 0 Å². The molecule has 0 saturated heterocycles. The zero-order valence-corrected chi connectivity index (χ0v) is 9.39. The van der Waals surface area contributed by atoms with Gasteiger partial charge in [0.05, 0.1) is 17.1 Å². The van der Waals surface area contributed by atoms with Gasteiger partial charge in [0.1, 0.15) is 5.82 Å². The lowest BCUT2D eigenvalue weighted by molar-refractivity contribution is -0.117. The normalized spacial score (nSPS) is 16.2. The van der Waals surface area contributed by atoms with E-state index in [1.165, 1.54) is 6.07 Å². The molecule has 0 aromatic heterocycles. The topological polar surface area (TPSA) is 32.7 Å². The third kappa shape index (κ3) is 2.31. The van der Waals surface area contributed by atoms with Gasteiger partial charge in [0.25, 0.3) is 5.91 Å². The van der Waals surface area contributed by atoms with Gasteiger partial charge in [-0.3, -0.25) is 4.79 Å². The fourth-order valence-corrected chi connectivity index (χ4v) is 1.52. The van der Waals surface area contributed by atoms with Crippen LogP contribution in [0, 0.1) is 5.82 Å². The Balaban J connectivity index is 2.36. The molecule has 96 valence electrons. The van der Waals surface area contributed by atoms with Crippen LogP contribution in [-0.2, 0) is 4.79 Å². The van der Waals surface area contributed by atoms with E-state index in [0.29, 0.717) is 5.01 Å². The molecule has 0 fully saturated rings. The van der Waals surface area contributed by atoms with Gasteiger partial charge in [0.2, 0.25) is 0 Å². The summed E-state index contributed by atoms with van der Waals surface area (Å²) in [5, 5.41) is 3.47. The molecule has 3 nitrogen and oxygen atoms in total. The monoisotopic (exact) mass is 280 g/mol. The molecule has 1 heterocycles. The molecule has 0 bridgehead atoms. The second-order valence-corrected chi connectivity index (χ2v) is 3.93. The number of nitrogens with zero attached hydrogens (tertiary/aromatic N) is 2. The number of hydrogen-bond acceptors (Lipinski definition) is 2. The van der Waals surface area contributed by atoms with Crippen LogP contribution in [-0.4, -0.2) is 17.8 Å². The predicted octanol–water partition coefficient (Wildman–Crippen LogP) is 3.13. The number of carbonyl (C=O) groups is 1. The smallest absolute Gasteiger partial charge is 0.272 e. The van der Waals surface area contributed by atoms with Crippen molar-refractivity contribution in [2.24, 2.45) is 5.10 Å². The van der Waals surface area contributed by atoms with Gasteiger partial charge in [-0.1, -0.05) is 11.6 Å².